The molecule has 0 radical (unpaired) electrons. The molecule has 0 aliphatic heterocycles. The molecule has 14 heavy (non-hydrogen) atoms. The molecular weight excluding hydrogens is 242 g/mol. The van der Waals surface area contributed by atoms with Gasteiger partial charge in [-0.3, -0.25) is 0 Å². The SMILES string of the molecule is CC(C)Cc1nc(Br)c(CCN)n1C. The molecule has 1 heterocycles. The molecule has 0 fully saturated rings. The quantitative estimate of drug-likeness (QED) is 0.898. The zero-order valence-corrected chi connectivity index (χ0v) is 10.6. The molecule has 0 aromatic carbocycles. The van der Waals surface area contributed by atoms with Crippen LogP contribution in [0.15, 0.2) is 4.60 Å². The molecule has 0 bridgehead atoms. The molecule has 0 saturated carbocycles. The first-order chi connectivity index (χ1) is 6.56. The molecule has 0 unspecified atom stereocenters. The van der Waals surface area contributed by atoms with E-state index in [9.17, 15) is 0 Å². The Balaban J connectivity index is 2.92. The predicted octanol–water partition coefficient (Wildman–Crippen LogP) is 1.88. The fraction of sp³-hybridized carbons (Fsp3) is 0.700. The number of rotatable bonds is 4. The molecule has 0 atom stereocenters. The van der Waals surface area contributed by atoms with Gasteiger partial charge >= 0.3 is 0 Å². The first-order valence-corrected chi connectivity index (χ1v) is 5.75. The van der Waals surface area contributed by atoms with Gasteiger partial charge in [-0.2, -0.15) is 0 Å². The highest BCUT2D eigenvalue weighted by atomic mass is 79.9. The van der Waals surface area contributed by atoms with Gasteiger partial charge in [-0.15, -0.1) is 0 Å². The first-order valence-electron chi connectivity index (χ1n) is 4.96. The molecule has 1 aromatic heterocycles. The summed E-state index contributed by atoms with van der Waals surface area (Å²) in [6.07, 6.45) is 1.89. The Bertz CT molecular complexity index is 305. The van der Waals surface area contributed by atoms with E-state index >= 15 is 0 Å². The van der Waals surface area contributed by atoms with Gasteiger partial charge in [0.2, 0.25) is 0 Å². The Morgan fingerprint density at radius 1 is 1.50 bits per heavy atom. The van der Waals surface area contributed by atoms with Crippen molar-refractivity contribution in [3.05, 3.63) is 16.1 Å². The van der Waals surface area contributed by atoms with Gasteiger partial charge in [0.1, 0.15) is 10.4 Å². The van der Waals surface area contributed by atoms with Crippen LogP contribution in [0.3, 0.4) is 0 Å². The summed E-state index contributed by atoms with van der Waals surface area (Å²) in [6, 6.07) is 0. The second-order valence-electron chi connectivity index (χ2n) is 3.96. The van der Waals surface area contributed by atoms with Crippen LogP contribution in [0.2, 0.25) is 0 Å². The van der Waals surface area contributed by atoms with E-state index in [0.717, 1.165) is 23.3 Å². The summed E-state index contributed by atoms with van der Waals surface area (Å²) >= 11 is 3.47. The van der Waals surface area contributed by atoms with Crippen molar-refractivity contribution >= 4 is 15.9 Å². The second kappa shape index (κ2) is 4.94. The van der Waals surface area contributed by atoms with Gasteiger partial charge in [-0.05, 0) is 28.4 Å². The molecule has 0 aliphatic rings. The van der Waals surface area contributed by atoms with Crippen molar-refractivity contribution < 1.29 is 0 Å². The van der Waals surface area contributed by atoms with Crippen molar-refractivity contribution in [3.8, 4) is 0 Å². The number of imidazole rings is 1. The van der Waals surface area contributed by atoms with E-state index in [0.29, 0.717) is 12.5 Å². The van der Waals surface area contributed by atoms with Crippen molar-refractivity contribution in [2.24, 2.45) is 18.7 Å². The molecule has 0 spiro atoms. The minimum Gasteiger partial charge on any atom is -0.334 e. The largest absolute Gasteiger partial charge is 0.334 e. The lowest BCUT2D eigenvalue weighted by atomic mass is 10.1. The highest BCUT2D eigenvalue weighted by molar-refractivity contribution is 9.10. The Hall–Kier alpha value is -0.350. The average molecular weight is 260 g/mol. The third-order valence-corrected chi connectivity index (χ3v) is 2.86. The molecule has 0 amide bonds. The van der Waals surface area contributed by atoms with Crippen LogP contribution in [0.4, 0.5) is 0 Å². The smallest absolute Gasteiger partial charge is 0.127 e. The molecule has 1 rings (SSSR count). The zero-order valence-electron chi connectivity index (χ0n) is 9.05. The van der Waals surface area contributed by atoms with Crippen molar-refractivity contribution in [3.63, 3.8) is 0 Å². The van der Waals surface area contributed by atoms with Crippen LogP contribution in [-0.4, -0.2) is 16.1 Å². The second-order valence-corrected chi connectivity index (χ2v) is 4.71. The van der Waals surface area contributed by atoms with Crippen LogP contribution in [0.25, 0.3) is 0 Å². The topological polar surface area (TPSA) is 43.8 Å². The lowest BCUT2D eigenvalue weighted by Crippen LogP contribution is -2.09. The lowest BCUT2D eigenvalue weighted by molar-refractivity contribution is 0.596. The molecular formula is C10H18BrN3. The van der Waals surface area contributed by atoms with Gasteiger partial charge in [0.25, 0.3) is 0 Å². The van der Waals surface area contributed by atoms with Crippen LogP contribution < -0.4 is 5.73 Å². The van der Waals surface area contributed by atoms with Crippen LogP contribution >= 0.6 is 15.9 Å². The van der Waals surface area contributed by atoms with Gasteiger partial charge in [-0.1, -0.05) is 13.8 Å². The molecule has 4 heteroatoms. The molecule has 2 N–H and O–H groups in total. The minimum absolute atomic E-state index is 0.633. The number of nitrogens with zero attached hydrogens (tertiary/aromatic N) is 2. The van der Waals surface area contributed by atoms with Crippen molar-refractivity contribution in [2.45, 2.75) is 26.7 Å². The summed E-state index contributed by atoms with van der Waals surface area (Å²) in [5.41, 5.74) is 6.74. The highest BCUT2D eigenvalue weighted by Crippen LogP contribution is 2.19. The summed E-state index contributed by atoms with van der Waals surface area (Å²) in [4.78, 5) is 4.49. The monoisotopic (exact) mass is 259 g/mol. The van der Waals surface area contributed by atoms with E-state index in [-0.39, 0.29) is 0 Å². The van der Waals surface area contributed by atoms with Crippen LogP contribution in [0.5, 0.6) is 0 Å². The maximum Gasteiger partial charge on any atom is 0.127 e. The Morgan fingerprint density at radius 3 is 2.64 bits per heavy atom. The van der Waals surface area contributed by atoms with E-state index in [1.165, 1.54) is 5.69 Å². The fourth-order valence-electron chi connectivity index (χ4n) is 1.50. The number of nitrogens with two attached hydrogens (primary N) is 1. The number of hydrogen-bond acceptors (Lipinski definition) is 2. The number of aromatic nitrogens is 2. The minimum atomic E-state index is 0.633. The normalized spacial score (nSPS) is 11.3. The Labute approximate surface area is 93.8 Å². The van der Waals surface area contributed by atoms with Gasteiger partial charge in [0, 0.05) is 19.9 Å². The maximum absolute atomic E-state index is 5.55. The van der Waals surface area contributed by atoms with Crippen molar-refractivity contribution in [1.82, 2.24) is 9.55 Å². The van der Waals surface area contributed by atoms with Gasteiger partial charge in [-0.25, -0.2) is 4.98 Å². The van der Waals surface area contributed by atoms with E-state index in [4.69, 9.17) is 5.73 Å². The average Bonchev–Trinajstić information content (AvgIpc) is 2.32. The van der Waals surface area contributed by atoms with Crippen LogP contribution in [-0.2, 0) is 19.9 Å². The maximum atomic E-state index is 5.55. The summed E-state index contributed by atoms with van der Waals surface area (Å²) in [5, 5.41) is 0. The summed E-state index contributed by atoms with van der Waals surface area (Å²) in [5.74, 6) is 1.77. The molecule has 1 aromatic rings. The number of halogens is 1. The third kappa shape index (κ3) is 2.58. The van der Waals surface area contributed by atoms with Crippen LogP contribution in [0, 0.1) is 5.92 Å². The third-order valence-electron chi connectivity index (χ3n) is 2.23. The van der Waals surface area contributed by atoms with E-state index in [2.05, 4.69) is 46.4 Å². The van der Waals surface area contributed by atoms with Gasteiger partial charge in [0.05, 0.1) is 5.69 Å². The molecule has 0 saturated heterocycles. The fourth-order valence-corrected chi connectivity index (χ4v) is 2.17. The predicted molar refractivity (Wildman–Crippen MR) is 62.2 cm³/mol. The van der Waals surface area contributed by atoms with E-state index < -0.39 is 0 Å². The molecule has 80 valence electrons. The van der Waals surface area contributed by atoms with Crippen molar-refractivity contribution in [2.75, 3.05) is 6.54 Å². The molecule has 3 nitrogen and oxygen atoms in total. The summed E-state index contributed by atoms with van der Waals surface area (Å²) < 4.78 is 3.10. The first kappa shape index (κ1) is 11.7. The van der Waals surface area contributed by atoms with Gasteiger partial charge in [0.15, 0.2) is 0 Å². The number of hydrogen-bond donors (Lipinski definition) is 1. The Morgan fingerprint density at radius 2 is 2.14 bits per heavy atom. The molecule has 0 aliphatic carbocycles. The summed E-state index contributed by atoms with van der Waals surface area (Å²) in [7, 11) is 2.06. The standard InChI is InChI=1S/C10H18BrN3/c1-7(2)6-9-13-10(11)8(4-5-12)14(9)3/h7H,4-6,12H2,1-3H3. The van der Waals surface area contributed by atoms with E-state index in [1.54, 1.807) is 0 Å². The zero-order chi connectivity index (χ0) is 10.7. The Kier molecular flexibility index (Phi) is 4.13. The summed E-state index contributed by atoms with van der Waals surface area (Å²) in [6.45, 7) is 5.07. The van der Waals surface area contributed by atoms with Gasteiger partial charge < -0.3 is 10.3 Å². The van der Waals surface area contributed by atoms with E-state index in [1.807, 2.05) is 0 Å². The van der Waals surface area contributed by atoms with Crippen LogP contribution in [0.1, 0.15) is 25.4 Å². The highest BCUT2D eigenvalue weighted by Gasteiger charge is 2.12. The lowest BCUT2D eigenvalue weighted by Gasteiger charge is -2.06. The van der Waals surface area contributed by atoms with Crippen molar-refractivity contribution in [1.29, 1.82) is 0 Å².